The Morgan fingerprint density at radius 3 is 2.65 bits per heavy atom. The number of carbonyl (C=O) groups excluding carboxylic acids is 2. The molecule has 1 atom stereocenters. The van der Waals surface area contributed by atoms with E-state index in [0.717, 1.165) is 34.9 Å². The topological polar surface area (TPSA) is 99.3 Å². The Kier molecular flexibility index (Phi) is 6.81. The number of para-hydroxylation sites is 1. The quantitative estimate of drug-likeness (QED) is 0.643. The number of sulfonamides is 1. The zero-order valence-electron chi connectivity index (χ0n) is 19.7. The monoisotopic (exact) mass is 486 g/mol. The van der Waals surface area contributed by atoms with E-state index in [4.69, 9.17) is 4.74 Å². The molecule has 0 aliphatic carbocycles. The molecule has 0 aromatic heterocycles. The molecule has 0 saturated carbocycles. The zero-order valence-corrected chi connectivity index (χ0v) is 20.5. The average molecular weight is 487 g/mol. The molecule has 2 aliphatic heterocycles. The van der Waals surface area contributed by atoms with Gasteiger partial charge < -0.3 is 15.0 Å². The third-order valence-corrected chi connectivity index (χ3v) is 8.16. The molecule has 0 radical (unpaired) electrons. The number of hydrogen-bond donors (Lipinski definition) is 1. The first kappa shape index (κ1) is 24.0. The van der Waals surface area contributed by atoms with Gasteiger partial charge in [-0.1, -0.05) is 18.2 Å². The van der Waals surface area contributed by atoms with Gasteiger partial charge in [0.2, 0.25) is 21.8 Å². The second kappa shape index (κ2) is 9.63. The minimum atomic E-state index is -3.70. The fraction of sp³-hybridized carbons (Fsp3) is 0.417. The lowest BCUT2D eigenvalue weighted by Gasteiger charge is -2.45. The van der Waals surface area contributed by atoms with Gasteiger partial charge in [-0.05, 0) is 43.5 Å². The van der Waals surface area contributed by atoms with Crippen molar-refractivity contribution in [2.24, 2.45) is 0 Å². The summed E-state index contributed by atoms with van der Waals surface area (Å²) in [5, 5.41) is 2.85. The number of hydrogen-bond acceptors (Lipinski definition) is 6. The number of carbonyl (C=O) groups is 2. The average Bonchev–Trinajstić information content (AvgIpc) is 2.85. The van der Waals surface area contributed by atoms with Crippen LogP contribution in [0.2, 0.25) is 0 Å². The summed E-state index contributed by atoms with van der Waals surface area (Å²) in [4.78, 5) is 29.9. The van der Waals surface area contributed by atoms with Crippen molar-refractivity contribution in [1.82, 2.24) is 9.62 Å². The number of fused-ring (bicyclic) bond motifs is 3. The van der Waals surface area contributed by atoms with E-state index < -0.39 is 10.0 Å². The van der Waals surface area contributed by atoms with Crippen LogP contribution in [0.3, 0.4) is 0 Å². The summed E-state index contributed by atoms with van der Waals surface area (Å²) < 4.78 is 32.0. The molecule has 1 N–H and O–H groups in total. The van der Waals surface area contributed by atoms with E-state index >= 15 is 0 Å². The summed E-state index contributed by atoms with van der Waals surface area (Å²) in [5.74, 6) is 0.146. The lowest BCUT2D eigenvalue weighted by atomic mass is 9.96. The first-order valence-electron chi connectivity index (χ1n) is 11.3. The third-order valence-electron chi connectivity index (χ3n) is 6.35. The number of amides is 2. The predicted octanol–water partition coefficient (Wildman–Crippen LogP) is 1.97. The number of nitrogens with zero attached hydrogens (tertiary/aromatic N) is 3. The molecule has 0 spiro atoms. The normalized spacial score (nSPS) is 17.9. The molecule has 2 amide bonds. The van der Waals surface area contributed by atoms with Crippen LogP contribution in [0.1, 0.15) is 24.8 Å². The summed E-state index contributed by atoms with van der Waals surface area (Å²) in [5.41, 5.74) is 2.04. The first-order chi connectivity index (χ1) is 16.2. The Hall–Kier alpha value is -3.11. The second-order valence-corrected chi connectivity index (χ2v) is 10.8. The summed E-state index contributed by atoms with van der Waals surface area (Å²) in [6.45, 7) is 0.774. The van der Waals surface area contributed by atoms with E-state index in [0.29, 0.717) is 17.9 Å². The Balaban J connectivity index is 1.63. The number of rotatable bonds is 7. The van der Waals surface area contributed by atoms with Crippen LogP contribution < -0.4 is 19.9 Å². The fourth-order valence-electron chi connectivity index (χ4n) is 4.51. The minimum absolute atomic E-state index is 0.0824. The SMILES string of the molecule is COc1ccccc1CNC(=O)CN1C(=O)[C@@H]2CCCCN2c2ccc(S(=O)(=O)N(C)C)cc21. The van der Waals surface area contributed by atoms with Gasteiger partial charge in [-0.3, -0.25) is 14.5 Å². The van der Waals surface area contributed by atoms with Crippen molar-refractivity contribution in [2.45, 2.75) is 36.7 Å². The molecule has 2 aromatic rings. The molecule has 0 unspecified atom stereocenters. The molecule has 34 heavy (non-hydrogen) atoms. The lowest BCUT2D eigenvalue weighted by molar-refractivity contribution is -0.125. The van der Waals surface area contributed by atoms with E-state index in [-0.39, 0.29) is 35.8 Å². The van der Waals surface area contributed by atoms with Crippen LogP contribution in [-0.4, -0.2) is 64.9 Å². The number of methoxy groups -OCH3 is 1. The van der Waals surface area contributed by atoms with Crippen LogP contribution in [0.5, 0.6) is 5.75 Å². The maximum Gasteiger partial charge on any atom is 0.250 e. The Bertz CT molecular complexity index is 1200. The number of piperidine rings is 1. The van der Waals surface area contributed by atoms with Crippen LogP contribution >= 0.6 is 0 Å². The molecular weight excluding hydrogens is 456 g/mol. The van der Waals surface area contributed by atoms with Crippen LogP contribution in [0.4, 0.5) is 11.4 Å². The van der Waals surface area contributed by atoms with E-state index in [2.05, 4.69) is 5.32 Å². The highest BCUT2D eigenvalue weighted by molar-refractivity contribution is 7.89. The molecule has 182 valence electrons. The van der Waals surface area contributed by atoms with E-state index in [1.165, 1.54) is 25.1 Å². The molecule has 9 nitrogen and oxygen atoms in total. The maximum atomic E-state index is 13.5. The van der Waals surface area contributed by atoms with Gasteiger partial charge in [-0.15, -0.1) is 0 Å². The number of ether oxygens (including phenoxy) is 1. The molecule has 10 heteroatoms. The minimum Gasteiger partial charge on any atom is -0.496 e. The summed E-state index contributed by atoms with van der Waals surface area (Å²) in [7, 11) is 0.792. The van der Waals surface area contributed by atoms with Crippen LogP contribution in [0, 0.1) is 0 Å². The smallest absolute Gasteiger partial charge is 0.250 e. The Morgan fingerprint density at radius 2 is 1.91 bits per heavy atom. The highest BCUT2D eigenvalue weighted by Gasteiger charge is 2.40. The molecule has 0 bridgehead atoms. The predicted molar refractivity (Wildman–Crippen MR) is 129 cm³/mol. The van der Waals surface area contributed by atoms with Crippen LogP contribution in [0.15, 0.2) is 47.4 Å². The van der Waals surface area contributed by atoms with Gasteiger partial charge in [0.1, 0.15) is 18.3 Å². The van der Waals surface area contributed by atoms with Gasteiger partial charge in [0.25, 0.3) is 0 Å². The molecule has 2 aromatic carbocycles. The van der Waals surface area contributed by atoms with Crippen molar-refractivity contribution < 1.29 is 22.7 Å². The van der Waals surface area contributed by atoms with Gasteiger partial charge in [-0.25, -0.2) is 12.7 Å². The summed E-state index contributed by atoms with van der Waals surface area (Å²) >= 11 is 0. The zero-order chi connectivity index (χ0) is 24.5. The fourth-order valence-corrected chi connectivity index (χ4v) is 5.44. The first-order valence-corrected chi connectivity index (χ1v) is 12.7. The van der Waals surface area contributed by atoms with Gasteiger partial charge >= 0.3 is 0 Å². The van der Waals surface area contributed by atoms with Gasteiger partial charge in [-0.2, -0.15) is 0 Å². The molecular formula is C24H30N4O5S. The number of nitrogens with one attached hydrogen (secondary N) is 1. The van der Waals surface area contributed by atoms with Crippen molar-refractivity contribution >= 4 is 33.2 Å². The van der Waals surface area contributed by atoms with Gasteiger partial charge in [0.15, 0.2) is 0 Å². The molecule has 1 fully saturated rings. The largest absolute Gasteiger partial charge is 0.496 e. The van der Waals surface area contributed by atoms with E-state index in [1.54, 1.807) is 19.2 Å². The lowest BCUT2D eigenvalue weighted by Crippen LogP contribution is -2.57. The van der Waals surface area contributed by atoms with Gasteiger partial charge in [0.05, 0.1) is 23.4 Å². The van der Waals surface area contributed by atoms with Crippen molar-refractivity contribution in [3.8, 4) is 5.75 Å². The van der Waals surface area contributed by atoms with Crippen LogP contribution in [-0.2, 0) is 26.2 Å². The number of anilines is 2. The highest BCUT2D eigenvalue weighted by atomic mass is 32.2. The summed E-state index contributed by atoms with van der Waals surface area (Å²) in [6, 6.07) is 11.9. The van der Waals surface area contributed by atoms with E-state index in [9.17, 15) is 18.0 Å². The van der Waals surface area contributed by atoms with Crippen molar-refractivity contribution in [2.75, 3.05) is 44.1 Å². The Labute approximate surface area is 200 Å². The standard InChI is InChI=1S/C24H30N4O5S/c1-26(2)34(31,32)18-11-12-19-21(14-18)28(24(30)20-9-6-7-13-27(19)20)16-23(29)25-15-17-8-4-5-10-22(17)33-3/h4-5,8,10-12,14,20H,6-7,9,13,15-16H2,1-3H3,(H,25,29)/t20-/m0/s1. The second-order valence-electron chi connectivity index (χ2n) is 8.66. The van der Waals surface area contributed by atoms with Crippen LogP contribution in [0.25, 0.3) is 0 Å². The molecule has 2 aliphatic rings. The maximum absolute atomic E-state index is 13.5. The highest BCUT2D eigenvalue weighted by Crippen LogP contribution is 2.40. The van der Waals surface area contributed by atoms with Gasteiger partial charge in [0, 0.05) is 32.7 Å². The Morgan fingerprint density at radius 1 is 1.15 bits per heavy atom. The molecule has 2 heterocycles. The van der Waals surface area contributed by atoms with Crippen molar-refractivity contribution in [3.63, 3.8) is 0 Å². The number of benzene rings is 2. The molecule has 4 rings (SSSR count). The third kappa shape index (κ3) is 4.47. The molecule has 1 saturated heterocycles. The summed E-state index contributed by atoms with van der Waals surface area (Å²) in [6.07, 6.45) is 2.60. The van der Waals surface area contributed by atoms with E-state index in [1.807, 2.05) is 29.2 Å². The van der Waals surface area contributed by atoms with Crippen molar-refractivity contribution in [1.29, 1.82) is 0 Å². The van der Waals surface area contributed by atoms with Crippen molar-refractivity contribution in [3.05, 3.63) is 48.0 Å².